The minimum Gasteiger partial charge on any atom is -0.398 e. The molecule has 0 saturated carbocycles. The van der Waals surface area contributed by atoms with E-state index in [1.807, 2.05) is 6.92 Å². The summed E-state index contributed by atoms with van der Waals surface area (Å²) in [7, 11) is -3.60. The lowest BCUT2D eigenvalue weighted by Gasteiger charge is -2.33. The minimum atomic E-state index is -3.60. The van der Waals surface area contributed by atoms with E-state index in [-0.39, 0.29) is 16.5 Å². The fourth-order valence-corrected chi connectivity index (χ4v) is 4.39. The highest BCUT2D eigenvalue weighted by Gasteiger charge is 2.33. The Balaban J connectivity index is 2.35. The van der Waals surface area contributed by atoms with E-state index in [0.29, 0.717) is 24.0 Å². The number of halogens is 1. The van der Waals surface area contributed by atoms with Crippen LogP contribution in [0.4, 0.5) is 5.69 Å². The highest BCUT2D eigenvalue weighted by atomic mass is 79.9. The molecule has 0 aromatic heterocycles. The maximum atomic E-state index is 12.6. The van der Waals surface area contributed by atoms with Gasteiger partial charge in [0.1, 0.15) is 4.90 Å². The molecule has 1 aromatic carbocycles. The van der Waals surface area contributed by atoms with Crippen molar-refractivity contribution in [3.05, 3.63) is 22.7 Å². The summed E-state index contributed by atoms with van der Waals surface area (Å²) in [6.07, 6.45) is 0.0141. The van der Waals surface area contributed by atoms with Gasteiger partial charge >= 0.3 is 0 Å². The molecule has 1 aliphatic rings. The van der Waals surface area contributed by atoms with Crippen LogP contribution in [0.3, 0.4) is 0 Å². The first-order valence-corrected chi connectivity index (χ1v) is 8.29. The first-order valence-electron chi connectivity index (χ1n) is 6.05. The van der Waals surface area contributed by atoms with Crippen molar-refractivity contribution in [3.8, 4) is 0 Å². The molecule has 7 heteroatoms. The Bertz CT molecular complexity index is 576. The number of piperidine rings is 1. The van der Waals surface area contributed by atoms with Crippen LogP contribution in [0, 0.1) is 5.92 Å². The average molecular weight is 349 g/mol. The first kappa shape index (κ1) is 14.8. The molecule has 0 aliphatic carbocycles. The van der Waals surface area contributed by atoms with Gasteiger partial charge in [-0.15, -0.1) is 0 Å². The summed E-state index contributed by atoms with van der Waals surface area (Å²) in [5.41, 5.74) is 6.01. The summed E-state index contributed by atoms with van der Waals surface area (Å²) >= 11 is 3.26. The van der Waals surface area contributed by atoms with Gasteiger partial charge in [-0.3, -0.25) is 0 Å². The van der Waals surface area contributed by atoms with Crippen LogP contribution in [0.5, 0.6) is 0 Å². The monoisotopic (exact) mass is 348 g/mol. The van der Waals surface area contributed by atoms with Crippen LogP contribution >= 0.6 is 15.9 Å². The predicted molar refractivity (Wildman–Crippen MR) is 77.1 cm³/mol. The molecule has 2 unspecified atom stereocenters. The molecule has 1 saturated heterocycles. The van der Waals surface area contributed by atoms with Crippen LogP contribution in [0.15, 0.2) is 27.6 Å². The minimum absolute atomic E-state index is 0.0723. The van der Waals surface area contributed by atoms with Gasteiger partial charge in [-0.25, -0.2) is 8.42 Å². The summed E-state index contributed by atoms with van der Waals surface area (Å²) in [5, 5.41) is 9.68. The zero-order valence-corrected chi connectivity index (χ0v) is 13.0. The van der Waals surface area contributed by atoms with Crippen molar-refractivity contribution in [2.45, 2.75) is 24.3 Å². The number of aliphatic hydroxyl groups excluding tert-OH is 1. The molecule has 1 heterocycles. The second-order valence-electron chi connectivity index (χ2n) is 4.88. The molecule has 0 radical (unpaired) electrons. The number of hydrogen-bond acceptors (Lipinski definition) is 4. The van der Waals surface area contributed by atoms with Gasteiger partial charge < -0.3 is 10.8 Å². The molecule has 2 atom stereocenters. The summed E-state index contributed by atoms with van der Waals surface area (Å²) < 4.78 is 27.2. The average Bonchev–Trinajstić information content (AvgIpc) is 2.35. The van der Waals surface area contributed by atoms with Crippen molar-refractivity contribution < 1.29 is 13.5 Å². The summed E-state index contributed by atoms with van der Waals surface area (Å²) in [5.74, 6) is -0.0723. The second kappa shape index (κ2) is 5.40. The number of anilines is 1. The molecular formula is C12H17BrN2O3S. The number of nitrogen functional groups attached to an aromatic ring is 1. The molecule has 0 spiro atoms. The molecule has 3 N–H and O–H groups in total. The lowest BCUT2D eigenvalue weighted by molar-refractivity contribution is 0.0629. The molecule has 19 heavy (non-hydrogen) atoms. The number of sulfonamides is 1. The molecule has 1 aromatic rings. The molecule has 0 bridgehead atoms. The van der Waals surface area contributed by atoms with Crippen molar-refractivity contribution in [1.29, 1.82) is 0 Å². The zero-order chi connectivity index (χ0) is 14.2. The van der Waals surface area contributed by atoms with E-state index in [9.17, 15) is 13.5 Å². The number of nitrogens with two attached hydrogens (primary N) is 1. The van der Waals surface area contributed by atoms with Crippen molar-refractivity contribution in [2.24, 2.45) is 5.92 Å². The van der Waals surface area contributed by atoms with Gasteiger partial charge in [-0.2, -0.15) is 4.31 Å². The first-order chi connectivity index (χ1) is 8.82. The Hall–Kier alpha value is -0.630. The maximum Gasteiger partial charge on any atom is 0.245 e. The number of benzene rings is 1. The maximum absolute atomic E-state index is 12.6. The standard InChI is InChI=1S/C12H17BrN2O3S/c1-8-7-15(5-4-11(8)16)19(17,18)12-6-9(13)2-3-10(12)14/h2-3,6,8,11,16H,4-5,7,14H2,1H3. The van der Waals surface area contributed by atoms with E-state index in [1.54, 1.807) is 12.1 Å². The Kier molecular flexibility index (Phi) is 4.20. The largest absolute Gasteiger partial charge is 0.398 e. The van der Waals surface area contributed by atoms with Crippen molar-refractivity contribution >= 4 is 31.6 Å². The SMILES string of the molecule is CC1CN(S(=O)(=O)c2cc(Br)ccc2N)CCC1O. The van der Waals surface area contributed by atoms with Gasteiger partial charge in [0.15, 0.2) is 0 Å². The third kappa shape index (κ3) is 2.94. The Labute approximate surface area is 121 Å². The Morgan fingerprint density at radius 3 is 2.79 bits per heavy atom. The number of hydrogen-bond donors (Lipinski definition) is 2. The normalized spacial score (nSPS) is 25.4. The third-order valence-electron chi connectivity index (χ3n) is 3.42. The van der Waals surface area contributed by atoms with E-state index in [4.69, 9.17) is 5.73 Å². The smallest absolute Gasteiger partial charge is 0.245 e. The van der Waals surface area contributed by atoms with Gasteiger partial charge in [0.05, 0.1) is 11.8 Å². The van der Waals surface area contributed by atoms with Crippen molar-refractivity contribution in [2.75, 3.05) is 18.8 Å². The molecule has 5 nitrogen and oxygen atoms in total. The zero-order valence-electron chi connectivity index (χ0n) is 10.6. The Morgan fingerprint density at radius 2 is 2.16 bits per heavy atom. The van der Waals surface area contributed by atoms with Gasteiger partial charge in [-0.1, -0.05) is 22.9 Å². The van der Waals surface area contributed by atoms with Crippen LogP contribution in [0.2, 0.25) is 0 Å². The van der Waals surface area contributed by atoms with Crippen molar-refractivity contribution in [3.63, 3.8) is 0 Å². The fraction of sp³-hybridized carbons (Fsp3) is 0.500. The van der Waals surface area contributed by atoms with Crippen LogP contribution in [0.1, 0.15) is 13.3 Å². The van der Waals surface area contributed by atoms with Crippen LogP contribution in [0.25, 0.3) is 0 Å². The lowest BCUT2D eigenvalue weighted by atomic mass is 9.99. The number of nitrogens with zero attached hydrogens (tertiary/aromatic N) is 1. The van der Waals surface area contributed by atoms with E-state index in [0.717, 1.165) is 0 Å². The molecule has 2 rings (SSSR count). The number of aliphatic hydroxyl groups is 1. The van der Waals surface area contributed by atoms with Crippen molar-refractivity contribution in [1.82, 2.24) is 4.31 Å². The topological polar surface area (TPSA) is 83.6 Å². The van der Waals surface area contributed by atoms with Gasteiger partial charge in [0.25, 0.3) is 0 Å². The van der Waals surface area contributed by atoms with E-state index >= 15 is 0 Å². The van der Waals surface area contributed by atoms with E-state index in [1.165, 1.54) is 10.4 Å². The predicted octanol–water partition coefficient (Wildman–Crippen LogP) is 1.42. The lowest BCUT2D eigenvalue weighted by Crippen LogP contribution is -2.45. The Morgan fingerprint density at radius 1 is 1.47 bits per heavy atom. The molecule has 1 fully saturated rings. The molecular weight excluding hydrogens is 332 g/mol. The summed E-state index contributed by atoms with van der Waals surface area (Å²) in [6, 6.07) is 4.79. The van der Waals surface area contributed by atoms with Gasteiger partial charge in [0.2, 0.25) is 10.0 Å². The van der Waals surface area contributed by atoms with E-state index in [2.05, 4.69) is 15.9 Å². The van der Waals surface area contributed by atoms with Crippen LogP contribution in [-0.4, -0.2) is 37.0 Å². The molecule has 0 amide bonds. The van der Waals surface area contributed by atoms with E-state index < -0.39 is 16.1 Å². The highest BCUT2D eigenvalue weighted by Crippen LogP contribution is 2.29. The number of rotatable bonds is 2. The summed E-state index contributed by atoms with van der Waals surface area (Å²) in [4.78, 5) is 0.116. The van der Waals surface area contributed by atoms with Gasteiger partial charge in [-0.05, 0) is 30.5 Å². The molecule has 106 valence electrons. The molecule has 1 aliphatic heterocycles. The van der Waals surface area contributed by atoms with Crippen LogP contribution < -0.4 is 5.73 Å². The summed E-state index contributed by atoms with van der Waals surface area (Å²) in [6.45, 7) is 2.48. The van der Waals surface area contributed by atoms with Crippen LogP contribution in [-0.2, 0) is 10.0 Å². The highest BCUT2D eigenvalue weighted by molar-refractivity contribution is 9.10. The fourth-order valence-electron chi connectivity index (χ4n) is 2.18. The van der Waals surface area contributed by atoms with Gasteiger partial charge in [0, 0.05) is 17.6 Å². The quantitative estimate of drug-likeness (QED) is 0.791. The third-order valence-corrected chi connectivity index (χ3v) is 5.83. The second-order valence-corrected chi connectivity index (χ2v) is 7.70.